The molecule has 0 aliphatic heterocycles. The maximum absolute atomic E-state index is 11.9. The molecule has 0 aromatic heterocycles. The number of amides is 1. The summed E-state index contributed by atoms with van der Waals surface area (Å²) < 4.78 is 0. The van der Waals surface area contributed by atoms with E-state index in [1.165, 1.54) is 18.2 Å². The highest BCUT2D eigenvalue weighted by atomic mass is 16.3. The van der Waals surface area contributed by atoms with Crippen molar-refractivity contribution >= 4 is 5.91 Å². The van der Waals surface area contributed by atoms with Crippen molar-refractivity contribution in [2.75, 3.05) is 7.05 Å². The van der Waals surface area contributed by atoms with E-state index < -0.39 is 0 Å². The van der Waals surface area contributed by atoms with Gasteiger partial charge in [-0.15, -0.1) is 0 Å². The summed E-state index contributed by atoms with van der Waals surface area (Å²) >= 11 is 0. The van der Waals surface area contributed by atoms with Crippen LogP contribution in [-0.4, -0.2) is 34.1 Å². The van der Waals surface area contributed by atoms with Gasteiger partial charge < -0.3 is 15.1 Å². The number of carbonyl (C=O) groups is 1. The molecule has 1 aliphatic rings. The van der Waals surface area contributed by atoms with Crippen molar-refractivity contribution in [2.24, 2.45) is 0 Å². The molecule has 1 aromatic carbocycles. The molecule has 1 aliphatic carbocycles. The summed E-state index contributed by atoms with van der Waals surface area (Å²) in [5, 5.41) is 19.0. The molecular formula is C11H13NO3. The lowest BCUT2D eigenvalue weighted by atomic mass is 10.1. The molecule has 1 amide bonds. The van der Waals surface area contributed by atoms with E-state index >= 15 is 0 Å². The van der Waals surface area contributed by atoms with Crippen LogP contribution >= 0.6 is 0 Å². The van der Waals surface area contributed by atoms with Gasteiger partial charge in [-0.25, -0.2) is 0 Å². The van der Waals surface area contributed by atoms with Gasteiger partial charge in [0.2, 0.25) is 0 Å². The monoisotopic (exact) mass is 207 g/mol. The number of hydrogen-bond acceptors (Lipinski definition) is 3. The third-order valence-electron chi connectivity index (χ3n) is 2.65. The van der Waals surface area contributed by atoms with Gasteiger partial charge in [-0.3, -0.25) is 4.79 Å². The number of hydrogen-bond donors (Lipinski definition) is 2. The number of phenolic OH excluding ortho intramolecular Hbond substituents is 2. The largest absolute Gasteiger partial charge is 0.507 e. The number of carbonyl (C=O) groups excluding carboxylic acids is 1. The first kappa shape index (κ1) is 9.83. The van der Waals surface area contributed by atoms with Crippen LogP contribution in [0, 0.1) is 0 Å². The molecule has 80 valence electrons. The molecular weight excluding hydrogens is 194 g/mol. The normalized spacial score (nSPS) is 15.0. The Hall–Kier alpha value is -1.71. The summed E-state index contributed by atoms with van der Waals surface area (Å²) in [6.07, 6.45) is 1.99. The fourth-order valence-corrected chi connectivity index (χ4v) is 1.55. The molecule has 2 rings (SSSR count). The SMILES string of the molecule is CN(C(=O)c1c(O)cccc1O)C1CC1. The Morgan fingerprint density at radius 1 is 1.33 bits per heavy atom. The fourth-order valence-electron chi connectivity index (χ4n) is 1.55. The van der Waals surface area contributed by atoms with Gasteiger partial charge in [-0.2, -0.15) is 0 Å². The van der Waals surface area contributed by atoms with Gasteiger partial charge in [0.25, 0.3) is 5.91 Å². The molecule has 0 spiro atoms. The third kappa shape index (κ3) is 1.75. The second-order valence-corrected chi connectivity index (χ2v) is 3.82. The van der Waals surface area contributed by atoms with Gasteiger partial charge in [0.1, 0.15) is 17.1 Å². The Morgan fingerprint density at radius 2 is 1.87 bits per heavy atom. The Labute approximate surface area is 87.8 Å². The van der Waals surface area contributed by atoms with Crippen LogP contribution in [0.5, 0.6) is 11.5 Å². The molecule has 0 heterocycles. The summed E-state index contributed by atoms with van der Waals surface area (Å²) in [5.41, 5.74) is -0.00750. The average Bonchev–Trinajstić information content (AvgIpc) is 2.99. The van der Waals surface area contributed by atoms with Crippen molar-refractivity contribution in [2.45, 2.75) is 18.9 Å². The molecule has 2 N–H and O–H groups in total. The number of nitrogens with zero attached hydrogens (tertiary/aromatic N) is 1. The van der Waals surface area contributed by atoms with E-state index in [-0.39, 0.29) is 29.0 Å². The standard InChI is InChI=1S/C11H13NO3/c1-12(7-5-6-7)11(15)10-8(13)3-2-4-9(10)14/h2-4,7,13-14H,5-6H2,1H3. The summed E-state index contributed by atoms with van der Waals surface area (Å²) in [7, 11) is 1.69. The van der Waals surface area contributed by atoms with E-state index in [1.807, 2.05) is 0 Å². The third-order valence-corrected chi connectivity index (χ3v) is 2.65. The second kappa shape index (κ2) is 3.46. The molecule has 1 fully saturated rings. The predicted molar refractivity (Wildman–Crippen MR) is 54.9 cm³/mol. The molecule has 15 heavy (non-hydrogen) atoms. The van der Waals surface area contributed by atoms with Gasteiger partial charge in [-0.1, -0.05) is 6.07 Å². The van der Waals surface area contributed by atoms with Crippen LogP contribution in [0.1, 0.15) is 23.2 Å². The van der Waals surface area contributed by atoms with Crippen molar-refractivity contribution in [1.29, 1.82) is 0 Å². The van der Waals surface area contributed by atoms with Gasteiger partial charge in [0, 0.05) is 13.1 Å². The van der Waals surface area contributed by atoms with Gasteiger partial charge >= 0.3 is 0 Å². The van der Waals surface area contributed by atoms with E-state index in [1.54, 1.807) is 11.9 Å². The van der Waals surface area contributed by atoms with Crippen LogP contribution in [0.4, 0.5) is 0 Å². The van der Waals surface area contributed by atoms with E-state index in [4.69, 9.17) is 0 Å². The quantitative estimate of drug-likeness (QED) is 0.769. The Morgan fingerprint density at radius 3 is 2.33 bits per heavy atom. The topological polar surface area (TPSA) is 60.8 Å². The molecule has 1 aromatic rings. The molecule has 0 radical (unpaired) electrons. The number of rotatable bonds is 2. The fraction of sp³-hybridized carbons (Fsp3) is 0.364. The van der Waals surface area contributed by atoms with Crippen LogP contribution in [-0.2, 0) is 0 Å². The minimum absolute atomic E-state index is 0.00750. The first-order valence-electron chi connectivity index (χ1n) is 4.89. The van der Waals surface area contributed by atoms with E-state index in [9.17, 15) is 15.0 Å². The zero-order valence-corrected chi connectivity index (χ0v) is 8.47. The highest BCUT2D eigenvalue weighted by molar-refractivity contribution is 5.99. The first-order chi connectivity index (χ1) is 7.11. The van der Waals surface area contributed by atoms with Gasteiger partial charge in [-0.05, 0) is 25.0 Å². The summed E-state index contributed by atoms with van der Waals surface area (Å²) in [6, 6.07) is 4.55. The van der Waals surface area contributed by atoms with Crippen molar-refractivity contribution < 1.29 is 15.0 Å². The lowest BCUT2D eigenvalue weighted by Gasteiger charge is -2.17. The molecule has 0 atom stereocenters. The Bertz CT molecular complexity index is 379. The van der Waals surface area contributed by atoms with Crippen LogP contribution in [0.3, 0.4) is 0 Å². The Balaban J connectivity index is 2.31. The zero-order valence-electron chi connectivity index (χ0n) is 8.47. The van der Waals surface area contributed by atoms with Crippen LogP contribution in [0.15, 0.2) is 18.2 Å². The lowest BCUT2D eigenvalue weighted by molar-refractivity contribution is 0.0779. The summed E-state index contributed by atoms with van der Waals surface area (Å²) in [4.78, 5) is 13.4. The maximum atomic E-state index is 11.9. The molecule has 0 bridgehead atoms. The maximum Gasteiger partial charge on any atom is 0.261 e. The zero-order chi connectivity index (χ0) is 11.0. The Kier molecular flexibility index (Phi) is 2.26. The molecule has 4 heteroatoms. The summed E-state index contributed by atoms with van der Waals surface area (Å²) in [5.74, 6) is -0.673. The minimum atomic E-state index is -0.326. The molecule has 4 nitrogen and oxygen atoms in total. The lowest BCUT2D eigenvalue weighted by Crippen LogP contribution is -2.28. The summed E-state index contributed by atoms with van der Waals surface area (Å²) in [6.45, 7) is 0. The molecule has 0 unspecified atom stereocenters. The van der Waals surface area contributed by atoms with Crippen LogP contribution in [0.25, 0.3) is 0 Å². The van der Waals surface area contributed by atoms with Gasteiger partial charge in [0.05, 0.1) is 0 Å². The van der Waals surface area contributed by atoms with Crippen molar-refractivity contribution in [1.82, 2.24) is 4.90 Å². The average molecular weight is 207 g/mol. The highest BCUT2D eigenvalue weighted by Gasteiger charge is 2.32. The first-order valence-corrected chi connectivity index (χ1v) is 4.89. The highest BCUT2D eigenvalue weighted by Crippen LogP contribution is 2.32. The number of benzene rings is 1. The van der Waals surface area contributed by atoms with Crippen molar-refractivity contribution in [3.8, 4) is 11.5 Å². The van der Waals surface area contributed by atoms with E-state index in [0.717, 1.165) is 12.8 Å². The van der Waals surface area contributed by atoms with Gasteiger partial charge in [0.15, 0.2) is 0 Å². The van der Waals surface area contributed by atoms with Crippen molar-refractivity contribution in [3.63, 3.8) is 0 Å². The van der Waals surface area contributed by atoms with E-state index in [2.05, 4.69) is 0 Å². The van der Waals surface area contributed by atoms with Crippen molar-refractivity contribution in [3.05, 3.63) is 23.8 Å². The number of phenols is 2. The minimum Gasteiger partial charge on any atom is -0.507 e. The number of aromatic hydroxyl groups is 2. The van der Waals surface area contributed by atoms with E-state index in [0.29, 0.717) is 0 Å². The molecule has 0 saturated heterocycles. The smallest absolute Gasteiger partial charge is 0.261 e. The van der Waals surface area contributed by atoms with Crippen LogP contribution < -0.4 is 0 Å². The predicted octanol–water partition coefficient (Wildman–Crippen LogP) is 1.33. The second-order valence-electron chi connectivity index (χ2n) is 3.82. The molecule has 1 saturated carbocycles. The van der Waals surface area contributed by atoms with Crippen LogP contribution in [0.2, 0.25) is 0 Å².